The number of carbonyl (C=O) groups is 1. The normalized spacial score (nSPS) is 19.9. The molecule has 1 amide bonds. The van der Waals surface area contributed by atoms with E-state index in [1.165, 1.54) is 12.7 Å². The van der Waals surface area contributed by atoms with Gasteiger partial charge in [-0.25, -0.2) is 0 Å². The van der Waals surface area contributed by atoms with Crippen molar-refractivity contribution in [2.24, 2.45) is 5.92 Å². The van der Waals surface area contributed by atoms with E-state index in [0.717, 1.165) is 26.1 Å². The fraction of sp³-hybridized carbons (Fsp3) is 0.545. The molecule has 88 valence electrons. The van der Waals surface area contributed by atoms with Crippen LogP contribution in [0, 0.1) is 5.92 Å². The lowest BCUT2D eigenvalue weighted by Gasteiger charge is -2.08. The van der Waals surface area contributed by atoms with Crippen molar-refractivity contribution in [1.82, 2.24) is 10.6 Å². The molecule has 0 aliphatic carbocycles. The second kappa shape index (κ2) is 5.50. The molecule has 0 aromatic carbocycles. The van der Waals surface area contributed by atoms with Gasteiger partial charge in [-0.15, -0.1) is 0 Å². The second-order valence-electron chi connectivity index (χ2n) is 4.04. The fourth-order valence-electron chi connectivity index (χ4n) is 1.88. The molecule has 2 heterocycles. The van der Waals surface area contributed by atoms with Crippen LogP contribution in [0.5, 0.6) is 0 Å². The summed E-state index contributed by atoms with van der Waals surface area (Å²) in [6.45, 7) is 2.91. The van der Waals surface area contributed by atoms with Gasteiger partial charge in [0.25, 0.3) is 5.91 Å². The largest absolute Gasteiger partial charge is 0.457 e. The summed E-state index contributed by atoms with van der Waals surface area (Å²) < 4.78 is 5.59. The molecule has 2 N–H and O–H groups in total. The van der Waals surface area contributed by atoms with Gasteiger partial charge in [0.15, 0.2) is 4.67 Å². The third kappa shape index (κ3) is 3.09. The second-order valence-corrected chi connectivity index (χ2v) is 4.82. The van der Waals surface area contributed by atoms with Gasteiger partial charge in [0.2, 0.25) is 0 Å². The van der Waals surface area contributed by atoms with E-state index in [1.54, 1.807) is 6.07 Å². The minimum Gasteiger partial charge on any atom is -0.457 e. The fourth-order valence-corrected chi connectivity index (χ4v) is 2.22. The van der Waals surface area contributed by atoms with E-state index in [0.29, 0.717) is 16.2 Å². The van der Waals surface area contributed by atoms with Gasteiger partial charge in [-0.1, -0.05) is 0 Å². The zero-order valence-corrected chi connectivity index (χ0v) is 10.5. The summed E-state index contributed by atoms with van der Waals surface area (Å²) in [4.78, 5) is 11.6. The van der Waals surface area contributed by atoms with Crippen molar-refractivity contribution >= 4 is 21.8 Å². The van der Waals surface area contributed by atoms with Crippen LogP contribution in [-0.2, 0) is 0 Å². The molecule has 0 radical (unpaired) electrons. The SMILES string of the molecule is O=C(NCCC1CCNC1)c1coc(Br)c1. The smallest absolute Gasteiger partial charge is 0.254 e. The average molecular weight is 287 g/mol. The molecule has 0 bridgehead atoms. The van der Waals surface area contributed by atoms with E-state index < -0.39 is 0 Å². The van der Waals surface area contributed by atoms with Crippen molar-refractivity contribution in [3.8, 4) is 0 Å². The molecule has 1 aliphatic heterocycles. The first-order valence-electron chi connectivity index (χ1n) is 5.48. The third-order valence-electron chi connectivity index (χ3n) is 2.83. The van der Waals surface area contributed by atoms with Crippen LogP contribution < -0.4 is 10.6 Å². The Bertz CT molecular complexity index is 359. The van der Waals surface area contributed by atoms with Crippen molar-refractivity contribution in [2.75, 3.05) is 19.6 Å². The quantitative estimate of drug-likeness (QED) is 0.887. The van der Waals surface area contributed by atoms with Crippen molar-refractivity contribution in [1.29, 1.82) is 0 Å². The summed E-state index contributed by atoms with van der Waals surface area (Å²) in [6.07, 6.45) is 3.71. The standard InChI is InChI=1S/C11H15BrN2O2/c12-10-5-9(7-16-10)11(15)14-4-2-8-1-3-13-6-8/h5,7-8,13H,1-4,6H2,(H,14,15). The van der Waals surface area contributed by atoms with Crippen molar-refractivity contribution < 1.29 is 9.21 Å². The Morgan fingerprint density at radius 3 is 3.19 bits per heavy atom. The Balaban J connectivity index is 1.71. The number of halogens is 1. The summed E-state index contributed by atoms with van der Waals surface area (Å²) in [5.41, 5.74) is 0.566. The van der Waals surface area contributed by atoms with Gasteiger partial charge in [0.05, 0.1) is 5.56 Å². The van der Waals surface area contributed by atoms with Gasteiger partial charge in [-0.2, -0.15) is 0 Å². The third-order valence-corrected chi connectivity index (χ3v) is 3.25. The first-order valence-corrected chi connectivity index (χ1v) is 6.28. The lowest BCUT2D eigenvalue weighted by Crippen LogP contribution is -2.26. The first kappa shape index (κ1) is 11.7. The monoisotopic (exact) mass is 286 g/mol. The van der Waals surface area contributed by atoms with Crippen molar-refractivity contribution in [3.05, 3.63) is 22.6 Å². The maximum absolute atomic E-state index is 11.6. The van der Waals surface area contributed by atoms with E-state index >= 15 is 0 Å². The lowest BCUT2D eigenvalue weighted by atomic mass is 10.1. The summed E-state index contributed by atoms with van der Waals surface area (Å²) >= 11 is 3.17. The Kier molecular flexibility index (Phi) is 4.01. The van der Waals surface area contributed by atoms with Gasteiger partial charge in [-0.3, -0.25) is 4.79 Å². The molecule has 2 rings (SSSR count). The van der Waals surface area contributed by atoms with Crippen LogP contribution in [0.3, 0.4) is 0 Å². The predicted octanol–water partition coefficient (Wildman–Crippen LogP) is 1.77. The summed E-state index contributed by atoms with van der Waals surface area (Å²) in [6, 6.07) is 1.67. The minimum atomic E-state index is -0.0691. The van der Waals surface area contributed by atoms with Gasteiger partial charge in [0.1, 0.15) is 6.26 Å². The van der Waals surface area contributed by atoms with Gasteiger partial charge in [0, 0.05) is 12.6 Å². The highest BCUT2D eigenvalue weighted by molar-refractivity contribution is 9.10. The summed E-state index contributed by atoms with van der Waals surface area (Å²) in [7, 11) is 0. The summed E-state index contributed by atoms with van der Waals surface area (Å²) in [5.74, 6) is 0.636. The van der Waals surface area contributed by atoms with Crippen molar-refractivity contribution in [3.63, 3.8) is 0 Å². The van der Waals surface area contributed by atoms with E-state index in [-0.39, 0.29) is 5.91 Å². The Hall–Kier alpha value is -0.810. The van der Waals surface area contributed by atoms with E-state index in [9.17, 15) is 4.79 Å². The first-order chi connectivity index (χ1) is 7.75. The lowest BCUT2D eigenvalue weighted by molar-refractivity contribution is 0.0951. The average Bonchev–Trinajstić information content (AvgIpc) is 2.89. The number of rotatable bonds is 4. The molecule has 16 heavy (non-hydrogen) atoms. The topological polar surface area (TPSA) is 54.3 Å². The minimum absolute atomic E-state index is 0.0691. The summed E-state index contributed by atoms with van der Waals surface area (Å²) in [5, 5.41) is 6.20. The molecule has 1 aromatic rings. The van der Waals surface area contributed by atoms with Crippen molar-refractivity contribution in [2.45, 2.75) is 12.8 Å². The van der Waals surface area contributed by atoms with Crippen LogP contribution in [0.1, 0.15) is 23.2 Å². The number of hydrogen-bond acceptors (Lipinski definition) is 3. The molecule has 1 unspecified atom stereocenters. The molecule has 1 saturated heterocycles. The maximum atomic E-state index is 11.6. The van der Waals surface area contributed by atoms with E-state index in [4.69, 9.17) is 4.42 Å². The highest BCUT2D eigenvalue weighted by atomic mass is 79.9. The molecule has 0 spiro atoms. The Morgan fingerprint density at radius 2 is 2.56 bits per heavy atom. The van der Waals surface area contributed by atoms with Crippen LogP contribution in [0.2, 0.25) is 0 Å². The number of amides is 1. The molecular formula is C11H15BrN2O2. The predicted molar refractivity (Wildman–Crippen MR) is 64.3 cm³/mol. The number of hydrogen-bond donors (Lipinski definition) is 2. The van der Waals surface area contributed by atoms with E-state index in [2.05, 4.69) is 26.6 Å². The molecule has 4 nitrogen and oxygen atoms in total. The Morgan fingerprint density at radius 1 is 1.69 bits per heavy atom. The van der Waals surface area contributed by atoms with Gasteiger partial charge < -0.3 is 15.1 Å². The van der Waals surface area contributed by atoms with Crippen LogP contribution in [-0.4, -0.2) is 25.5 Å². The number of furan rings is 1. The molecule has 1 atom stereocenters. The Labute approximate surface area is 103 Å². The zero-order chi connectivity index (χ0) is 11.4. The molecule has 1 aromatic heterocycles. The van der Waals surface area contributed by atoms with E-state index in [1.807, 2.05) is 0 Å². The molecule has 1 aliphatic rings. The van der Waals surface area contributed by atoms with Crippen LogP contribution in [0.25, 0.3) is 0 Å². The number of carbonyl (C=O) groups excluding carboxylic acids is 1. The molecule has 1 fully saturated rings. The maximum Gasteiger partial charge on any atom is 0.254 e. The van der Waals surface area contributed by atoms with Gasteiger partial charge in [-0.05, 0) is 47.8 Å². The zero-order valence-electron chi connectivity index (χ0n) is 8.96. The van der Waals surface area contributed by atoms with Crippen LogP contribution >= 0.6 is 15.9 Å². The van der Waals surface area contributed by atoms with Gasteiger partial charge >= 0.3 is 0 Å². The molecule has 0 saturated carbocycles. The highest BCUT2D eigenvalue weighted by Gasteiger charge is 2.14. The molecular weight excluding hydrogens is 272 g/mol. The van der Waals surface area contributed by atoms with Crippen LogP contribution in [0.4, 0.5) is 0 Å². The van der Waals surface area contributed by atoms with Crippen LogP contribution in [0.15, 0.2) is 21.4 Å². The molecule has 5 heteroatoms. The highest BCUT2D eigenvalue weighted by Crippen LogP contribution is 2.14. The number of nitrogens with one attached hydrogen (secondary N) is 2.